The van der Waals surface area contributed by atoms with Crippen molar-refractivity contribution in [3.8, 4) is 11.1 Å². The Hall–Kier alpha value is -3.74. The number of rotatable bonds is 7. The zero-order valence-corrected chi connectivity index (χ0v) is 17.8. The van der Waals surface area contributed by atoms with E-state index in [9.17, 15) is 9.90 Å². The summed E-state index contributed by atoms with van der Waals surface area (Å²) in [6, 6.07) is 7.88. The minimum atomic E-state index is -0.520. The second-order valence-corrected chi connectivity index (χ2v) is 7.29. The number of aliphatic hydroxyl groups is 1. The van der Waals surface area contributed by atoms with Crippen LogP contribution in [0.3, 0.4) is 0 Å². The number of carbonyl (C=O) groups excluding carboxylic acids is 1. The number of hydrogen-bond donors (Lipinski definition) is 3. The number of nitrogens with zero attached hydrogens (tertiary/aromatic N) is 5. The van der Waals surface area contributed by atoms with Crippen molar-refractivity contribution in [3.05, 3.63) is 59.0 Å². The van der Waals surface area contributed by atoms with Gasteiger partial charge in [0.25, 0.3) is 11.6 Å². The molecule has 0 saturated carbocycles. The van der Waals surface area contributed by atoms with Crippen LogP contribution in [-0.4, -0.2) is 51.3 Å². The quantitative estimate of drug-likeness (QED) is 0.307. The summed E-state index contributed by atoms with van der Waals surface area (Å²) in [5, 5.41) is 11.5. The maximum Gasteiger partial charge on any atom is 0.264 e. The summed E-state index contributed by atoms with van der Waals surface area (Å²) in [4.78, 5) is 24.6. The van der Waals surface area contributed by atoms with Crippen LogP contribution >= 0.6 is 0 Å². The molecule has 0 spiro atoms. The third-order valence-corrected chi connectivity index (χ3v) is 4.74. The molecule has 0 bridgehead atoms. The predicted molar refractivity (Wildman–Crippen MR) is 120 cm³/mol. The van der Waals surface area contributed by atoms with Crippen molar-refractivity contribution in [2.45, 2.75) is 19.9 Å². The van der Waals surface area contributed by atoms with E-state index >= 15 is 0 Å². The molecule has 1 aromatic carbocycles. The van der Waals surface area contributed by atoms with Gasteiger partial charge in [-0.2, -0.15) is 0 Å². The molecule has 0 unspecified atom stereocenters. The Morgan fingerprint density at radius 3 is 2.65 bits per heavy atom. The highest BCUT2D eigenvalue weighted by Gasteiger charge is 2.22. The lowest BCUT2D eigenvalue weighted by atomic mass is 10.0. The lowest BCUT2D eigenvalue weighted by molar-refractivity contribution is -0.120. The Labute approximate surface area is 180 Å². The fourth-order valence-electron chi connectivity index (χ4n) is 3.37. The summed E-state index contributed by atoms with van der Waals surface area (Å²) >= 11 is 0. The summed E-state index contributed by atoms with van der Waals surface area (Å²) in [6.45, 7) is 9.96. The Morgan fingerprint density at radius 2 is 2.03 bits per heavy atom. The van der Waals surface area contributed by atoms with Crippen LogP contribution in [0, 0.1) is 13.5 Å². The Balaban J connectivity index is 2.36. The molecule has 1 amide bonds. The maximum absolute atomic E-state index is 12.6. The van der Waals surface area contributed by atoms with Gasteiger partial charge >= 0.3 is 0 Å². The largest absolute Gasteiger partial charge is 0.396 e. The van der Waals surface area contributed by atoms with E-state index in [1.807, 2.05) is 35.8 Å². The molecule has 0 aliphatic heterocycles. The van der Waals surface area contributed by atoms with E-state index < -0.39 is 5.91 Å². The van der Waals surface area contributed by atoms with Gasteiger partial charge in [0, 0.05) is 38.5 Å². The summed E-state index contributed by atoms with van der Waals surface area (Å²) in [7, 11) is 3.34. The molecular weight excluding hydrogens is 394 g/mol. The van der Waals surface area contributed by atoms with E-state index in [0.29, 0.717) is 35.5 Å². The van der Waals surface area contributed by atoms with Crippen LogP contribution in [0.5, 0.6) is 0 Å². The van der Waals surface area contributed by atoms with Gasteiger partial charge in [0.15, 0.2) is 0 Å². The zero-order chi connectivity index (χ0) is 22.5. The molecule has 2 aromatic heterocycles. The van der Waals surface area contributed by atoms with Gasteiger partial charge in [-0.15, -0.1) is 0 Å². The van der Waals surface area contributed by atoms with Gasteiger partial charge in [0.1, 0.15) is 17.8 Å². The fraction of sp³-hybridized carbons (Fsp3) is 0.273. The normalized spacial score (nSPS) is 11.7. The lowest BCUT2D eigenvalue weighted by Crippen LogP contribution is -2.36. The first kappa shape index (κ1) is 22.0. The number of hydrazine groups is 1. The standard InChI is InChI=1S/C22H25N7O2/c1-14-6-8-15(9-7-14)18-17(12-16(24-2)22(31)27-28(3)4)29(10-5-11-30)21-19(18)20(23)25-13-26-21/h6-9,12-13,30H,5,10-11H2,1,3-4H3,(H,27,31)(H2,23,25,26)/b16-12-. The van der Waals surface area contributed by atoms with Crippen molar-refractivity contribution in [2.24, 2.45) is 0 Å². The number of aliphatic hydroxyl groups excluding tert-OH is 1. The van der Waals surface area contributed by atoms with Crippen molar-refractivity contribution in [3.63, 3.8) is 0 Å². The molecule has 0 fully saturated rings. The second-order valence-electron chi connectivity index (χ2n) is 7.29. The Kier molecular flexibility index (Phi) is 6.65. The first-order valence-electron chi connectivity index (χ1n) is 9.75. The van der Waals surface area contributed by atoms with E-state index in [2.05, 4.69) is 20.2 Å². The molecule has 2 heterocycles. The number of nitrogens with one attached hydrogen (secondary N) is 1. The van der Waals surface area contributed by atoms with Crippen molar-refractivity contribution >= 4 is 28.8 Å². The van der Waals surface area contributed by atoms with Crippen molar-refractivity contribution in [1.82, 2.24) is 25.0 Å². The van der Waals surface area contributed by atoms with Crippen LogP contribution in [-0.2, 0) is 11.3 Å². The van der Waals surface area contributed by atoms with E-state index in [0.717, 1.165) is 16.7 Å². The van der Waals surface area contributed by atoms with Gasteiger partial charge in [0.2, 0.25) is 0 Å². The average molecular weight is 419 g/mol. The molecular formula is C22H25N7O2. The van der Waals surface area contributed by atoms with Gasteiger partial charge in [-0.05, 0) is 25.0 Å². The molecule has 3 rings (SSSR count). The van der Waals surface area contributed by atoms with Crippen LogP contribution < -0.4 is 11.2 Å². The molecule has 9 heteroatoms. The van der Waals surface area contributed by atoms with Crippen LogP contribution in [0.2, 0.25) is 0 Å². The summed E-state index contributed by atoms with van der Waals surface area (Å²) in [5.74, 6) is -0.215. The van der Waals surface area contributed by atoms with Crippen LogP contribution in [0.4, 0.5) is 5.82 Å². The number of carbonyl (C=O) groups is 1. The SMILES string of the molecule is [C-]#[N+]/C(=C\c1c(-c2ccc(C)cc2)c2c(N)ncnc2n1CCCO)C(=O)NN(C)C. The third kappa shape index (κ3) is 4.55. The van der Waals surface area contributed by atoms with E-state index in [1.54, 1.807) is 20.2 Å². The molecule has 0 atom stereocenters. The maximum atomic E-state index is 12.6. The van der Waals surface area contributed by atoms with Crippen LogP contribution in [0.15, 0.2) is 36.3 Å². The molecule has 31 heavy (non-hydrogen) atoms. The van der Waals surface area contributed by atoms with E-state index in [-0.39, 0.29) is 12.3 Å². The van der Waals surface area contributed by atoms with Gasteiger partial charge < -0.3 is 15.4 Å². The highest BCUT2D eigenvalue weighted by molar-refractivity contribution is 6.07. The average Bonchev–Trinajstić information content (AvgIpc) is 3.04. The summed E-state index contributed by atoms with van der Waals surface area (Å²) in [6.07, 6.45) is 3.40. The number of nitrogen functional groups attached to an aromatic ring is 1. The first-order valence-corrected chi connectivity index (χ1v) is 9.75. The number of nitrogens with two attached hydrogens (primary N) is 1. The number of hydrogen-bond acceptors (Lipinski definition) is 6. The summed E-state index contributed by atoms with van der Waals surface area (Å²) < 4.78 is 1.87. The number of anilines is 1. The molecule has 4 N–H and O–H groups in total. The Bertz CT molecular complexity index is 1170. The number of aromatic nitrogens is 3. The fourth-order valence-corrected chi connectivity index (χ4v) is 3.37. The highest BCUT2D eigenvalue weighted by atomic mass is 16.3. The molecule has 0 aliphatic rings. The smallest absolute Gasteiger partial charge is 0.264 e. The number of amides is 1. The Morgan fingerprint density at radius 1 is 1.32 bits per heavy atom. The minimum absolute atomic E-state index is 0.0138. The molecule has 0 saturated heterocycles. The van der Waals surface area contributed by atoms with Gasteiger partial charge in [-0.1, -0.05) is 29.8 Å². The molecule has 3 aromatic rings. The minimum Gasteiger partial charge on any atom is -0.396 e. The monoisotopic (exact) mass is 419 g/mol. The van der Waals surface area contributed by atoms with Gasteiger partial charge in [-0.3, -0.25) is 10.2 Å². The van der Waals surface area contributed by atoms with Gasteiger partial charge in [0.05, 0.1) is 12.0 Å². The molecule has 0 radical (unpaired) electrons. The zero-order valence-electron chi connectivity index (χ0n) is 17.8. The highest BCUT2D eigenvalue weighted by Crippen LogP contribution is 2.38. The second kappa shape index (κ2) is 9.38. The van der Waals surface area contributed by atoms with Crippen LogP contribution in [0.25, 0.3) is 33.1 Å². The van der Waals surface area contributed by atoms with Crippen molar-refractivity contribution in [2.75, 3.05) is 26.4 Å². The first-order chi connectivity index (χ1) is 14.9. The van der Waals surface area contributed by atoms with Crippen molar-refractivity contribution < 1.29 is 9.90 Å². The number of benzene rings is 1. The number of aryl methyl sites for hydroxylation is 2. The topological polar surface area (TPSA) is 114 Å². The summed E-state index contributed by atoms with van der Waals surface area (Å²) in [5.41, 5.74) is 12.7. The third-order valence-electron chi connectivity index (χ3n) is 4.74. The lowest BCUT2D eigenvalue weighted by Gasteiger charge is -2.12. The number of fused-ring (bicyclic) bond motifs is 1. The molecule has 0 aliphatic carbocycles. The molecule has 160 valence electrons. The predicted octanol–water partition coefficient (Wildman–Crippen LogP) is 2.22. The van der Waals surface area contributed by atoms with Gasteiger partial charge in [-0.25, -0.2) is 19.8 Å². The molecule has 9 nitrogen and oxygen atoms in total. The van der Waals surface area contributed by atoms with Crippen molar-refractivity contribution in [1.29, 1.82) is 0 Å². The van der Waals surface area contributed by atoms with Crippen LogP contribution in [0.1, 0.15) is 17.7 Å². The van der Waals surface area contributed by atoms with E-state index in [1.165, 1.54) is 11.3 Å². The van der Waals surface area contributed by atoms with E-state index in [4.69, 9.17) is 12.3 Å².